The zero-order chi connectivity index (χ0) is 20.8. The lowest BCUT2D eigenvalue weighted by molar-refractivity contribution is -0.142. The van der Waals surface area contributed by atoms with E-state index in [-0.39, 0.29) is 17.9 Å². The van der Waals surface area contributed by atoms with Crippen LogP contribution in [0.5, 0.6) is 0 Å². The van der Waals surface area contributed by atoms with E-state index in [4.69, 9.17) is 5.11 Å². The normalized spacial score (nSPS) is 13.7. The first-order chi connectivity index (χ1) is 12.4. The van der Waals surface area contributed by atoms with E-state index in [1.54, 1.807) is 13.8 Å². The molecule has 3 N–H and O–H groups in total. The molecule has 0 aromatic heterocycles. The summed E-state index contributed by atoms with van der Waals surface area (Å²) in [6.45, 7) is 2.87. The molecule has 0 aliphatic heterocycles. The SMILES string of the molecule is CC(C)C[C@H](NC(=O)CNC(=O)C(F)c1ccc(C(F)(F)F)cc1)C(=O)O. The zero-order valence-electron chi connectivity index (χ0n) is 14.6. The van der Waals surface area contributed by atoms with E-state index in [9.17, 15) is 31.9 Å². The highest BCUT2D eigenvalue weighted by Gasteiger charge is 2.31. The van der Waals surface area contributed by atoms with Crippen molar-refractivity contribution in [1.82, 2.24) is 10.6 Å². The van der Waals surface area contributed by atoms with Crippen LogP contribution in [0.1, 0.15) is 37.6 Å². The van der Waals surface area contributed by atoms with Crippen LogP contribution in [-0.4, -0.2) is 35.5 Å². The molecular weight excluding hydrogens is 372 g/mol. The molecule has 27 heavy (non-hydrogen) atoms. The molecule has 1 rings (SSSR count). The zero-order valence-corrected chi connectivity index (χ0v) is 14.6. The average molecular weight is 392 g/mol. The summed E-state index contributed by atoms with van der Waals surface area (Å²) < 4.78 is 51.5. The third-order valence-electron chi connectivity index (χ3n) is 3.52. The fourth-order valence-corrected chi connectivity index (χ4v) is 2.19. The molecule has 0 saturated carbocycles. The van der Waals surface area contributed by atoms with Gasteiger partial charge in [0.15, 0.2) is 0 Å². The van der Waals surface area contributed by atoms with Crippen molar-refractivity contribution in [2.24, 2.45) is 5.92 Å². The first kappa shape index (κ1) is 22.4. The number of hydrogen-bond acceptors (Lipinski definition) is 3. The maximum Gasteiger partial charge on any atom is 0.416 e. The number of carbonyl (C=O) groups is 3. The molecule has 0 spiro atoms. The molecule has 2 amide bonds. The van der Waals surface area contributed by atoms with Crippen molar-refractivity contribution in [2.45, 2.75) is 38.7 Å². The molecule has 0 aliphatic rings. The summed E-state index contributed by atoms with van der Waals surface area (Å²) >= 11 is 0. The Morgan fingerprint density at radius 1 is 1.11 bits per heavy atom. The summed E-state index contributed by atoms with van der Waals surface area (Å²) in [5.41, 5.74) is -1.28. The largest absolute Gasteiger partial charge is 0.480 e. The van der Waals surface area contributed by atoms with E-state index < -0.39 is 48.3 Å². The van der Waals surface area contributed by atoms with Crippen LogP contribution in [0, 0.1) is 5.92 Å². The van der Waals surface area contributed by atoms with Gasteiger partial charge in [0, 0.05) is 0 Å². The number of alkyl halides is 4. The van der Waals surface area contributed by atoms with Gasteiger partial charge in [-0.3, -0.25) is 9.59 Å². The van der Waals surface area contributed by atoms with Crippen LogP contribution >= 0.6 is 0 Å². The highest BCUT2D eigenvalue weighted by molar-refractivity contribution is 5.89. The summed E-state index contributed by atoms with van der Waals surface area (Å²) in [4.78, 5) is 34.5. The van der Waals surface area contributed by atoms with Gasteiger partial charge in [0.2, 0.25) is 12.1 Å². The second kappa shape index (κ2) is 9.33. The monoisotopic (exact) mass is 392 g/mol. The fraction of sp³-hybridized carbons (Fsp3) is 0.471. The number of rotatable bonds is 8. The Hall–Kier alpha value is -2.65. The molecule has 1 aromatic rings. The maximum absolute atomic E-state index is 14.1. The van der Waals surface area contributed by atoms with Crippen molar-refractivity contribution in [1.29, 1.82) is 0 Å². The Kier molecular flexibility index (Phi) is 7.74. The van der Waals surface area contributed by atoms with Gasteiger partial charge in [-0.1, -0.05) is 26.0 Å². The highest BCUT2D eigenvalue weighted by Crippen LogP contribution is 2.30. The van der Waals surface area contributed by atoms with Crippen molar-refractivity contribution >= 4 is 17.8 Å². The van der Waals surface area contributed by atoms with Gasteiger partial charge < -0.3 is 15.7 Å². The lowest BCUT2D eigenvalue weighted by Crippen LogP contribution is -2.46. The molecular formula is C17H20F4N2O4. The fourth-order valence-electron chi connectivity index (χ4n) is 2.19. The molecule has 0 bridgehead atoms. The van der Waals surface area contributed by atoms with E-state index in [1.807, 2.05) is 5.32 Å². The quantitative estimate of drug-likeness (QED) is 0.592. The molecule has 0 aliphatic carbocycles. The van der Waals surface area contributed by atoms with Gasteiger partial charge >= 0.3 is 12.1 Å². The van der Waals surface area contributed by atoms with E-state index in [2.05, 4.69) is 5.32 Å². The standard InChI is InChI=1S/C17H20F4N2O4/c1-9(2)7-12(16(26)27)23-13(24)8-22-15(25)14(18)10-3-5-11(6-4-10)17(19,20)21/h3-6,9,12,14H,7-8H2,1-2H3,(H,22,25)(H,23,24)(H,26,27)/t12-,14?/m0/s1. The Balaban J connectivity index is 2.60. The van der Waals surface area contributed by atoms with E-state index in [0.29, 0.717) is 12.1 Å². The summed E-state index contributed by atoms with van der Waals surface area (Å²) in [6.07, 6.45) is -6.68. The number of carboxylic acid groups (broad SMARTS) is 1. The number of aliphatic carboxylic acids is 1. The number of nitrogens with one attached hydrogen (secondary N) is 2. The number of hydrogen-bond donors (Lipinski definition) is 3. The van der Waals surface area contributed by atoms with Crippen molar-refractivity contribution in [3.05, 3.63) is 35.4 Å². The van der Waals surface area contributed by atoms with Crippen LogP contribution in [0.3, 0.4) is 0 Å². The van der Waals surface area contributed by atoms with Gasteiger partial charge in [-0.15, -0.1) is 0 Å². The van der Waals surface area contributed by atoms with E-state index in [1.165, 1.54) is 0 Å². The second-order valence-electron chi connectivity index (χ2n) is 6.29. The van der Waals surface area contributed by atoms with Crippen LogP contribution in [0.4, 0.5) is 17.6 Å². The van der Waals surface area contributed by atoms with Crippen molar-refractivity contribution < 1.29 is 37.1 Å². The summed E-state index contributed by atoms with van der Waals surface area (Å²) in [7, 11) is 0. The van der Waals surface area contributed by atoms with Gasteiger partial charge in [-0.05, 0) is 30.0 Å². The molecule has 1 unspecified atom stereocenters. The minimum absolute atomic E-state index is 0.00381. The Morgan fingerprint density at radius 2 is 1.67 bits per heavy atom. The molecule has 10 heteroatoms. The average Bonchev–Trinajstić information content (AvgIpc) is 2.57. The highest BCUT2D eigenvalue weighted by atomic mass is 19.4. The summed E-state index contributed by atoms with van der Waals surface area (Å²) in [5.74, 6) is -3.29. The first-order valence-corrected chi connectivity index (χ1v) is 8.03. The Bertz CT molecular complexity index is 675. The Morgan fingerprint density at radius 3 is 2.11 bits per heavy atom. The minimum atomic E-state index is -4.58. The lowest BCUT2D eigenvalue weighted by Gasteiger charge is -2.17. The summed E-state index contributed by atoms with van der Waals surface area (Å²) in [5, 5.41) is 13.2. The van der Waals surface area contributed by atoms with Gasteiger partial charge in [0.25, 0.3) is 5.91 Å². The van der Waals surface area contributed by atoms with Crippen LogP contribution in [0.2, 0.25) is 0 Å². The van der Waals surface area contributed by atoms with Crippen LogP contribution < -0.4 is 10.6 Å². The predicted molar refractivity (Wildman–Crippen MR) is 87.3 cm³/mol. The molecule has 150 valence electrons. The lowest BCUT2D eigenvalue weighted by atomic mass is 10.0. The molecule has 6 nitrogen and oxygen atoms in total. The van der Waals surface area contributed by atoms with Crippen LogP contribution in [-0.2, 0) is 20.6 Å². The second-order valence-corrected chi connectivity index (χ2v) is 6.29. The van der Waals surface area contributed by atoms with Gasteiger partial charge in [0.1, 0.15) is 6.04 Å². The molecule has 0 fully saturated rings. The molecule has 0 saturated heterocycles. The molecule has 0 radical (unpaired) electrons. The predicted octanol–water partition coefficient (Wildman–Crippen LogP) is 2.45. The number of benzene rings is 1. The number of carbonyl (C=O) groups excluding carboxylic acids is 2. The van der Waals surface area contributed by atoms with E-state index >= 15 is 0 Å². The van der Waals surface area contributed by atoms with Crippen molar-refractivity contribution in [2.75, 3.05) is 6.54 Å². The van der Waals surface area contributed by atoms with E-state index in [0.717, 1.165) is 12.1 Å². The summed E-state index contributed by atoms with van der Waals surface area (Å²) in [6, 6.07) is 1.80. The van der Waals surface area contributed by atoms with Crippen LogP contribution in [0.15, 0.2) is 24.3 Å². The molecule has 2 atom stereocenters. The molecule has 0 heterocycles. The van der Waals surface area contributed by atoms with Gasteiger partial charge in [-0.2, -0.15) is 13.2 Å². The van der Waals surface area contributed by atoms with Crippen molar-refractivity contribution in [3.8, 4) is 0 Å². The van der Waals surface area contributed by atoms with Crippen molar-refractivity contribution in [3.63, 3.8) is 0 Å². The maximum atomic E-state index is 14.1. The topological polar surface area (TPSA) is 95.5 Å². The van der Waals surface area contributed by atoms with Crippen LogP contribution in [0.25, 0.3) is 0 Å². The Labute approximate surface area is 152 Å². The number of carboxylic acids is 1. The van der Waals surface area contributed by atoms with Gasteiger partial charge in [0.05, 0.1) is 12.1 Å². The van der Waals surface area contributed by atoms with Gasteiger partial charge in [-0.25, -0.2) is 9.18 Å². The molecule has 1 aromatic carbocycles. The number of amides is 2. The smallest absolute Gasteiger partial charge is 0.416 e. The third kappa shape index (κ3) is 7.24. The minimum Gasteiger partial charge on any atom is -0.480 e. The third-order valence-corrected chi connectivity index (χ3v) is 3.52. The first-order valence-electron chi connectivity index (χ1n) is 8.03. The number of halogens is 4.